The summed E-state index contributed by atoms with van der Waals surface area (Å²) >= 11 is 0. The van der Waals surface area contributed by atoms with Gasteiger partial charge in [0, 0.05) is 25.4 Å². The number of aliphatic carboxylic acids is 2. The maximum atomic E-state index is 9.10. The highest BCUT2D eigenvalue weighted by Gasteiger charge is 2.04. The maximum absolute atomic E-state index is 9.10. The van der Waals surface area contributed by atoms with Gasteiger partial charge in [-0.1, -0.05) is 0 Å². The first-order valence-electron chi connectivity index (χ1n) is 6.59. The highest BCUT2D eigenvalue weighted by molar-refractivity contribution is 6.27. The molecule has 0 aliphatic rings. The minimum atomic E-state index is -1.82. The predicted molar refractivity (Wildman–Crippen MR) is 82.3 cm³/mol. The van der Waals surface area contributed by atoms with Gasteiger partial charge in [0.05, 0.1) is 12.6 Å². The SMILES string of the molecule is COc1ccc2ccn(CCN(C)C)c2c1.O=C(O)C(=O)O. The third-order valence-electron chi connectivity index (χ3n) is 2.95. The number of benzene rings is 1. The van der Waals surface area contributed by atoms with E-state index in [-0.39, 0.29) is 0 Å². The smallest absolute Gasteiger partial charge is 0.414 e. The van der Waals surface area contributed by atoms with E-state index < -0.39 is 11.9 Å². The Morgan fingerprint density at radius 3 is 2.32 bits per heavy atom. The van der Waals surface area contributed by atoms with Crippen LogP contribution in [-0.4, -0.2) is 59.4 Å². The van der Waals surface area contributed by atoms with Gasteiger partial charge < -0.3 is 24.4 Å². The minimum Gasteiger partial charge on any atom is -0.497 e. The second kappa shape index (κ2) is 8.04. The van der Waals surface area contributed by atoms with Crippen molar-refractivity contribution in [2.75, 3.05) is 27.7 Å². The zero-order valence-electron chi connectivity index (χ0n) is 12.8. The van der Waals surface area contributed by atoms with Gasteiger partial charge in [-0.05, 0) is 37.7 Å². The average molecular weight is 308 g/mol. The van der Waals surface area contributed by atoms with E-state index in [0.29, 0.717) is 0 Å². The van der Waals surface area contributed by atoms with Crippen molar-refractivity contribution in [3.05, 3.63) is 30.5 Å². The fourth-order valence-corrected chi connectivity index (χ4v) is 1.79. The zero-order valence-corrected chi connectivity index (χ0v) is 12.8. The first kappa shape index (κ1) is 17.5. The largest absolute Gasteiger partial charge is 0.497 e. The highest BCUT2D eigenvalue weighted by Crippen LogP contribution is 2.21. The molecule has 0 unspecified atom stereocenters. The van der Waals surface area contributed by atoms with Crippen LogP contribution in [-0.2, 0) is 16.1 Å². The van der Waals surface area contributed by atoms with Gasteiger partial charge in [-0.2, -0.15) is 0 Å². The van der Waals surface area contributed by atoms with Crippen molar-refractivity contribution in [2.24, 2.45) is 0 Å². The number of hydrogen-bond acceptors (Lipinski definition) is 4. The van der Waals surface area contributed by atoms with Crippen LogP contribution in [0.3, 0.4) is 0 Å². The molecule has 2 N–H and O–H groups in total. The second-order valence-electron chi connectivity index (χ2n) is 4.85. The number of fused-ring (bicyclic) bond motifs is 1. The molecule has 120 valence electrons. The van der Waals surface area contributed by atoms with Gasteiger partial charge in [0.25, 0.3) is 0 Å². The molecule has 7 heteroatoms. The monoisotopic (exact) mass is 308 g/mol. The van der Waals surface area contributed by atoms with Crippen LogP contribution in [0.5, 0.6) is 5.75 Å². The van der Waals surface area contributed by atoms with E-state index in [1.54, 1.807) is 7.11 Å². The molecule has 0 aliphatic heterocycles. The molecule has 22 heavy (non-hydrogen) atoms. The van der Waals surface area contributed by atoms with Crippen LogP contribution in [0, 0.1) is 0 Å². The number of nitrogens with zero attached hydrogens (tertiary/aromatic N) is 2. The van der Waals surface area contributed by atoms with E-state index >= 15 is 0 Å². The first-order chi connectivity index (χ1) is 10.3. The molecular formula is C15H20N2O5. The van der Waals surface area contributed by atoms with Gasteiger partial charge >= 0.3 is 11.9 Å². The third-order valence-corrected chi connectivity index (χ3v) is 2.95. The van der Waals surface area contributed by atoms with E-state index in [4.69, 9.17) is 24.5 Å². The van der Waals surface area contributed by atoms with Crippen LogP contribution in [0.1, 0.15) is 0 Å². The van der Waals surface area contributed by atoms with Gasteiger partial charge in [-0.15, -0.1) is 0 Å². The number of carbonyl (C=O) groups is 2. The van der Waals surface area contributed by atoms with E-state index in [1.807, 2.05) is 6.07 Å². The molecular weight excluding hydrogens is 288 g/mol. The molecule has 2 rings (SSSR count). The number of likely N-dealkylation sites (N-methyl/N-ethyl adjacent to an activating group) is 1. The summed E-state index contributed by atoms with van der Waals surface area (Å²) in [5.74, 6) is -2.73. The van der Waals surface area contributed by atoms with Gasteiger partial charge in [0.2, 0.25) is 0 Å². The number of carboxylic acid groups (broad SMARTS) is 2. The minimum absolute atomic E-state index is 0.914. The van der Waals surface area contributed by atoms with Gasteiger partial charge in [0.1, 0.15) is 5.75 Å². The Hall–Kier alpha value is -2.54. The molecule has 0 aliphatic carbocycles. The van der Waals surface area contributed by atoms with Crippen molar-refractivity contribution in [1.82, 2.24) is 9.47 Å². The lowest BCUT2D eigenvalue weighted by Crippen LogP contribution is -2.17. The molecule has 1 aromatic carbocycles. The number of rotatable bonds is 4. The topological polar surface area (TPSA) is 92.0 Å². The Balaban J connectivity index is 0.000000346. The molecule has 0 radical (unpaired) electrons. The predicted octanol–water partition coefficient (Wildman–Crippen LogP) is 1.37. The number of hydrogen-bond donors (Lipinski definition) is 2. The van der Waals surface area contributed by atoms with E-state index in [0.717, 1.165) is 18.8 Å². The van der Waals surface area contributed by atoms with Crippen LogP contribution in [0.4, 0.5) is 0 Å². The zero-order chi connectivity index (χ0) is 16.7. The molecule has 0 fully saturated rings. The lowest BCUT2D eigenvalue weighted by molar-refractivity contribution is -0.159. The lowest BCUT2D eigenvalue weighted by Gasteiger charge is -2.11. The van der Waals surface area contributed by atoms with Crippen molar-refractivity contribution in [2.45, 2.75) is 6.54 Å². The van der Waals surface area contributed by atoms with Crippen LogP contribution < -0.4 is 4.74 Å². The fraction of sp³-hybridized carbons (Fsp3) is 0.333. The van der Waals surface area contributed by atoms with E-state index in [1.165, 1.54) is 10.9 Å². The molecule has 0 bridgehead atoms. The molecule has 0 saturated carbocycles. The molecule has 0 amide bonds. The van der Waals surface area contributed by atoms with E-state index in [2.05, 4.69) is 48.0 Å². The van der Waals surface area contributed by atoms with E-state index in [9.17, 15) is 0 Å². The highest BCUT2D eigenvalue weighted by atomic mass is 16.5. The van der Waals surface area contributed by atoms with Gasteiger partial charge in [-0.25, -0.2) is 9.59 Å². The molecule has 7 nitrogen and oxygen atoms in total. The van der Waals surface area contributed by atoms with Crippen LogP contribution >= 0.6 is 0 Å². The second-order valence-corrected chi connectivity index (χ2v) is 4.85. The summed E-state index contributed by atoms with van der Waals surface area (Å²) in [6.45, 7) is 2.05. The fourth-order valence-electron chi connectivity index (χ4n) is 1.79. The Morgan fingerprint density at radius 1 is 1.18 bits per heavy atom. The molecule has 2 aromatic rings. The van der Waals surface area contributed by atoms with Crippen molar-refractivity contribution in [1.29, 1.82) is 0 Å². The summed E-state index contributed by atoms with van der Waals surface area (Å²) in [6.07, 6.45) is 2.13. The normalized spacial score (nSPS) is 10.2. The quantitative estimate of drug-likeness (QED) is 0.829. The Morgan fingerprint density at radius 2 is 1.82 bits per heavy atom. The Kier molecular flexibility index (Phi) is 6.40. The van der Waals surface area contributed by atoms with Crippen LogP contribution in [0.2, 0.25) is 0 Å². The Bertz CT molecular complexity index is 636. The number of aromatic nitrogens is 1. The first-order valence-corrected chi connectivity index (χ1v) is 6.59. The summed E-state index contributed by atoms with van der Waals surface area (Å²) in [4.78, 5) is 20.4. The standard InChI is InChI=1S/C13H18N2O.C2H2O4/c1-14(2)8-9-15-7-6-11-4-5-12(16-3)10-13(11)15;3-1(4)2(5)6/h4-7,10H,8-9H2,1-3H3;(H,3,4)(H,5,6). The van der Waals surface area contributed by atoms with Crippen molar-refractivity contribution >= 4 is 22.8 Å². The summed E-state index contributed by atoms with van der Waals surface area (Å²) in [5.41, 5.74) is 1.24. The van der Waals surface area contributed by atoms with Gasteiger partial charge in [-0.3, -0.25) is 0 Å². The molecule has 1 aromatic heterocycles. The summed E-state index contributed by atoms with van der Waals surface area (Å²) < 4.78 is 7.51. The van der Waals surface area contributed by atoms with Crippen LogP contribution in [0.25, 0.3) is 10.9 Å². The molecule has 1 heterocycles. The van der Waals surface area contributed by atoms with Gasteiger partial charge in [0.15, 0.2) is 0 Å². The summed E-state index contributed by atoms with van der Waals surface area (Å²) in [6, 6.07) is 8.33. The lowest BCUT2D eigenvalue weighted by atomic mass is 10.2. The summed E-state index contributed by atoms with van der Waals surface area (Å²) in [7, 11) is 5.88. The third kappa shape index (κ3) is 5.10. The maximum Gasteiger partial charge on any atom is 0.414 e. The molecule has 0 saturated heterocycles. The summed E-state index contributed by atoms with van der Waals surface area (Å²) in [5, 5.41) is 16.0. The van der Waals surface area contributed by atoms with Crippen molar-refractivity contribution < 1.29 is 24.5 Å². The molecule has 0 spiro atoms. The average Bonchev–Trinajstić information content (AvgIpc) is 2.87. The van der Waals surface area contributed by atoms with Crippen molar-refractivity contribution in [3.63, 3.8) is 0 Å². The van der Waals surface area contributed by atoms with Crippen LogP contribution in [0.15, 0.2) is 30.5 Å². The Labute approximate surface area is 128 Å². The molecule has 0 atom stereocenters. The number of carboxylic acids is 2. The number of ether oxygens (including phenoxy) is 1. The number of methoxy groups -OCH3 is 1. The van der Waals surface area contributed by atoms with Crippen molar-refractivity contribution in [3.8, 4) is 5.75 Å².